The van der Waals surface area contributed by atoms with Crippen molar-refractivity contribution in [2.45, 2.75) is 35.5 Å². The second-order valence-electron chi connectivity index (χ2n) is 5.25. The van der Waals surface area contributed by atoms with Crippen LogP contribution in [-0.2, 0) is 9.47 Å². The Hall–Kier alpha value is 0.610. The van der Waals surface area contributed by atoms with Gasteiger partial charge in [0.2, 0.25) is 0 Å². The van der Waals surface area contributed by atoms with Crippen molar-refractivity contribution in [1.82, 2.24) is 0 Å². The van der Waals surface area contributed by atoms with Crippen molar-refractivity contribution in [2.75, 3.05) is 0 Å². The summed E-state index contributed by atoms with van der Waals surface area (Å²) in [5, 5.41) is 10.2. The molecule has 4 fully saturated rings. The van der Waals surface area contributed by atoms with Crippen LogP contribution >= 0.6 is 22.6 Å². The van der Waals surface area contributed by atoms with Gasteiger partial charge in [-0.3, -0.25) is 0 Å². The molecule has 0 amide bonds. The molecule has 0 aromatic carbocycles. The molecule has 78 valence electrons. The monoisotopic (exact) mass is 308 g/mol. The molecule has 1 unspecified atom stereocenters. The lowest BCUT2D eigenvalue weighted by atomic mass is 9.77. The largest absolute Gasteiger partial charge is 0.365 e. The summed E-state index contributed by atoms with van der Waals surface area (Å²) in [5.41, 5.74) is 0. The molecule has 4 rings (SSSR count). The van der Waals surface area contributed by atoms with Crippen LogP contribution in [0.5, 0.6) is 0 Å². The fraction of sp³-hybridized carbons (Fsp3) is 1.00. The number of ether oxygens (including phenoxy) is 2. The van der Waals surface area contributed by atoms with Gasteiger partial charge < -0.3 is 14.6 Å². The van der Waals surface area contributed by atoms with E-state index in [0.29, 0.717) is 33.7 Å². The van der Waals surface area contributed by atoms with Crippen LogP contribution in [0, 0.1) is 23.7 Å². The third-order valence-corrected chi connectivity index (χ3v) is 6.27. The molecule has 8 atom stereocenters. The predicted octanol–water partition coefficient (Wildman–Crippen LogP) is 1.14. The summed E-state index contributed by atoms with van der Waals surface area (Å²) in [6, 6.07) is 0. The van der Waals surface area contributed by atoms with Gasteiger partial charge in [-0.1, -0.05) is 22.6 Å². The molecule has 4 heteroatoms. The van der Waals surface area contributed by atoms with Crippen molar-refractivity contribution in [2.24, 2.45) is 23.7 Å². The van der Waals surface area contributed by atoms with Gasteiger partial charge in [-0.25, -0.2) is 0 Å². The maximum absolute atomic E-state index is 10.2. The molecule has 2 aliphatic heterocycles. The summed E-state index contributed by atoms with van der Waals surface area (Å²) in [6.07, 6.45) is 1.53. The third-order valence-electron chi connectivity index (χ3n) is 4.64. The highest BCUT2D eigenvalue weighted by molar-refractivity contribution is 14.1. The minimum absolute atomic E-state index is 0.116. The lowest BCUT2D eigenvalue weighted by Crippen LogP contribution is -2.44. The van der Waals surface area contributed by atoms with Crippen LogP contribution in [0.25, 0.3) is 0 Å². The highest BCUT2D eigenvalue weighted by Gasteiger charge is 2.73. The van der Waals surface area contributed by atoms with Crippen LogP contribution in [0.1, 0.15) is 13.3 Å². The summed E-state index contributed by atoms with van der Waals surface area (Å²) in [6.45, 7) is 1.80. The smallest absolute Gasteiger partial charge is 0.169 e. The minimum Gasteiger partial charge on any atom is -0.365 e. The second-order valence-corrected chi connectivity index (χ2v) is 6.69. The van der Waals surface area contributed by atoms with Gasteiger partial charge in [-0.2, -0.15) is 0 Å². The number of alkyl halides is 1. The molecule has 2 heterocycles. The molecule has 0 radical (unpaired) electrons. The van der Waals surface area contributed by atoms with E-state index >= 15 is 0 Å². The van der Waals surface area contributed by atoms with Crippen LogP contribution in [0.15, 0.2) is 0 Å². The number of aliphatic hydroxyl groups is 1. The molecule has 2 aliphatic carbocycles. The third kappa shape index (κ3) is 0.750. The topological polar surface area (TPSA) is 38.7 Å². The summed E-state index contributed by atoms with van der Waals surface area (Å²) >= 11 is 2.50. The second kappa shape index (κ2) is 2.31. The number of fused-ring (bicyclic) bond motifs is 2. The average molecular weight is 308 g/mol. The summed E-state index contributed by atoms with van der Waals surface area (Å²) in [4.78, 5) is 0. The predicted molar refractivity (Wildman–Crippen MR) is 56.8 cm³/mol. The van der Waals surface area contributed by atoms with Crippen LogP contribution < -0.4 is 0 Å². The Kier molecular flexibility index (Phi) is 1.44. The van der Waals surface area contributed by atoms with Crippen molar-refractivity contribution < 1.29 is 14.6 Å². The van der Waals surface area contributed by atoms with Gasteiger partial charge in [0.25, 0.3) is 0 Å². The number of halogens is 1. The van der Waals surface area contributed by atoms with E-state index in [9.17, 15) is 5.11 Å². The highest BCUT2D eigenvalue weighted by atomic mass is 127. The first-order valence-corrected chi connectivity index (χ1v) is 6.54. The fourth-order valence-electron chi connectivity index (χ4n) is 4.30. The Balaban J connectivity index is 1.86. The Bertz CT molecular complexity index is 306. The van der Waals surface area contributed by atoms with Gasteiger partial charge in [0, 0.05) is 15.8 Å². The van der Waals surface area contributed by atoms with Gasteiger partial charge in [0.15, 0.2) is 12.1 Å². The Morgan fingerprint density at radius 3 is 3.00 bits per heavy atom. The Morgan fingerprint density at radius 1 is 1.43 bits per heavy atom. The van der Waals surface area contributed by atoms with Gasteiger partial charge in [-0.15, -0.1) is 0 Å². The zero-order valence-electron chi connectivity index (χ0n) is 7.89. The molecule has 14 heavy (non-hydrogen) atoms. The van der Waals surface area contributed by atoms with Crippen LogP contribution in [0.3, 0.4) is 0 Å². The van der Waals surface area contributed by atoms with Crippen LogP contribution in [0.2, 0.25) is 0 Å². The summed E-state index contributed by atoms with van der Waals surface area (Å²) in [7, 11) is 0. The quantitative estimate of drug-likeness (QED) is 0.539. The maximum Gasteiger partial charge on any atom is 0.169 e. The molecular formula is C10H13IO3. The van der Waals surface area contributed by atoms with E-state index in [1.165, 1.54) is 6.42 Å². The van der Waals surface area contributed by atoms with Gasteiger partial charge in [0.1, 0.15) is 0 Å². The van der Waals surface area contributed by atoms with Crippen molar-refractivity contribution in [1.29, 1.82) is 0 Å². The standard InChI is InChI=1S/C10H13IO3/c1-10(12)6-4-2-3-5(6)9(14-10)13-8(3)7(4)11/h3-9,12H,2H2,1H3/t3-,4+,5-,6?,7+,8+,9+,10+/m1/s1. The first-order valence-electron chi connectivity index (χ1n) is 5.29. The summed E-state index contributed by atoms with van der Waals surface area (Å²) in [5.74, 6) is 1.12. The van der Waals surface area contributed by atoms with Gasteiger partial charge >= 0.3 is 0 Å². The average Bonchev–Trinajstić information content (AvgIpc) is 2.69. The lowest BCUT2D eigenvalue weighted by Gasteiger charge is -2.35. The van der Waals surface area contributed by atoms with Crippen LogP contribution in [-0.4, -0.2) is 27.2 Å². The van der Waals surface area contributed by atoms with E-state index in [-0.39, 0.29) is 6.29 Å². The lowest BCUT2D eigenvalue weighted by molar-refractivity contribution is -0.263. The van der Waals surface area contributed by atoms with Crippen LogP contribution in [0.4, 0.5) is 0 Å². The fourth-order valence-corrected chi connectivity index (χ4v) is 5.74. The molecular weight excluding hydrogens is 295 g/mol. The van der Waals surface area contributed by atoms with E-state index < -0.39 is 5.79 Å². The van der Waals surface area contributed by atoms with Crippen molar-refractivity contribution in [3.05, 3.63) is 0 Å². The van der Waals surface area contributed by atoms with E-state index in [4.69, 9.17) is 9.47 Å². The molecule has 1 N–H and O–H groups in total. The zero-order valence-corrected chi connectivity index (χ0v) is 10.0. The molecule has 2 bridgehead atoms. The SMILES string of the molecule is C[C@]1(O)O[C@@H]2O[C@@H]3[C@@H](I)[C@H]4C[C@@H]3[C@@H]2C41. The first kappa shape index (κ1) is 8.73. The van der Waals surface area contributed by atoms with Crippen molar-refractivity contribution in [3.63, 3.8) is 0 Å². The van der Waals surface area contributed by atoms with Gasteiger partial charge in [0.05, 0.1) is 6.10 Å². The molecule has 2 saturated heterocycles. The minimum atomic E-state index is -0.941. The maximum atomic E-state index is 10.2. The first-order chi connectivity index (χ1) is 6.59. The number of rotatable bonds is 0. The Morgan fingerprint density at radius 2 is 2.21 bits per heavy atom. The van der Waals surface area contributed by atoms with Crippen molar-refractivity contribution in [3.8, 4) is 0 Å². The molecule has 0 spiro atoms. The van der Waals surface area contributed by atoms with Gasteiger partial charge in [-0.05, 0) is 25.2 Å². The highest BCUT2D eigenvalue weighted by Crippen LogP contribution is 2.67. The molecule has 2 saturated carbocycles. The van der Waals surface area contributed by atoms with E-state index in [1.54, 1.807) is 6.92 Å². The van der Waals surface area contributed by atoms with E-state index in [0.717, 1.165) is 0 Å². The Labute approximate surface area is 96.3 Å². The molecule has 0 aromatic rings. The molecule has 3 nitrogen and oxygen atoms in total. The van der Waals surface area contributed by atoms with E-state index in [2.05, 4.69) is 22.6 Å². The molecule has 4 aliphatic rings. The normalized spacial score (nSPS) is 73.5. The number of hydrogen-bond donors (Lipinski definition) is 1. The van der Waals surface area contributed by atoms with Crippen molar-refractivity contribution >= 4 is 22.6 Å². The molecule has 0 aromatic heterocycles. The zero-order chi connectivity index (χ0) is 9.66. The number of hydrogen-bond acceptors (Lipinski definition) is 3. The van der Waals surface area contributed by atoms with E-state index in [1.807, 2.05) is 0 Å². The summed E-state index contributed by atoms with van der Waals surface area (Å²) < 4.78 is 12.1.